The van der Waals surface area contributed by atoms with E-state index in [1.807, 2.05) is 0 Å². The molecule has 1 aliphatic rings. The number of pyridine rings is 1. The summed E-state index contributed by atoms with van der Waals surface area (Å²) in [6, 6.07) is 1.87. The van der Waals surface area contributed by atoms with Gasteiger partial charge in [0.05, 0.1) is 17.2 Å². The van der Waals surface area contributed by atoms with Crippen molar-refractivity contribution in [1.82, 2.24) is 4.98 Å². The van der Waals surface area contributed by atoms with Crippen LogP contribution in [0, 0.1) is 0 Å². The number of hydrogen-bond donors (Lipinski definition) is 1. The standard InChI is InChI=1S/C13H18ClN3O2.2ClH/c1-2-19-13(18)9-7-11(14)12(16-8-9)17-5-3-10(15)4-6-17;;/h7-8,10H,2-6,15H2,1H3;2*1H. The summed E-state index contributed by atoms with van der Waals surface area (Å²) in [5, 5.41) is 0.473. The van der Waals surface area contributed by atoms with Crippen LogP contribution in [-0.4, -0.2) is 36.7 Å². The van der Waals surface area contributed by atoms with Crippen LogP contribution in [0.25, 0.3) is 0 Å². The monoisotopic (exact) mass is 355 g/mol. The highest BCUT2D eigenvalue weighted by molar-refractivity contribution is 6.33. The van der Waals surface area contributed by atoms with E-state index in [1.54, 1.807) is 13.0 Å². The Morgan fingerprint density at radius 2 is 2.10 bits per heavy atom. The van der Waals surface area contributed by atoms with Crippen LogP contribution < -0.4 is 10.6 Å². The van der Waals surface area contributed by atoms with Gasteiger partial charge in [0.2, 0.25) is 0 Å². The molecule has 1 aromatic heterocycles. The van der Waals surface area contributed by atoms with Gasteiger partial charge < -0.3 is 15.4 Å². The molecular formula is C13H20Cl3N3O2. The molecule has 0 spiro atoms. The average molecular weight is 357 g/mol. The van der Waals surface area contributed by atoms with Gasteiger partial charge in [-0.3, -0.25) is 0 Å². The third-order valence-electron chi connectivity index (χ3n) is 3.17. The Balaban J connectivity index is 0.00000200. The molecule has 2 rings (SSSR count). The molecule has 2 N–H and O–H groups in total. The fraction of sp³-hybridized carbons (Fsp3) is 0.538. The second kappa shape index (κ2) is 9.30. The number of carbonyl (C=O) groups is 1. The molecule has 0 aliphatic carbocycles. The van der Waals surface area contributed by atoms with E-state index in [0.717, 1.165) is 25.9 Å². The highest BCUT2D eigenvalue weighted by atomic mass is 35.5. The normalized spacial score (nSPS) is 14.9. The lowest BCUT2D eigenvalue weighted by atomic mass is 10.1. The third kappa shape index (κ3) is 5.18. The van der Waals surface area contributed by atoms with E-state index in [2.05, 4.69) is 9.88 Å². The average Bonchev–Trinajstić information content (AvgIpc) is 2.40. The molecule has 1 aromatic rings. The van der Waals surface area contributed by atoms with E-state index < -0.39 is 5.97 Å². The minimum Gasteiger partial charge on any atom is -0.462 e. The Labute approximate surface area is 142 Å². The molecule has 0 amide bonds. The Morgan fingerprint density at radius 3 is 2.62 bits per heavy atom. The maximum absolute atomic E-state index is 11.6. The molecule has 0 aromatic carbocycles. The van der Waals surface area contributed by atoms with Gasteiger partial charge in [0, 0.05) is 25.3 Å². The van der Waals surface area contributed by atoms with Gasteiger partial charge in [0.15, 0.2) is 0 Å². The largest absolute Gasteiger partial charge is 0.462 e. The molecule has 8 heteroatoms. The lowest BCUT2D eigenvalue weighted by Gasteiger charge is -2.31. The maximum atomic E-state index is 11.6. The molecular weight excluding hydrogens is 337 g/mol. The number of esters is 1. The summed E-state index contributed by atoms with van der Waals surface area (Å²) >= 11 is 6.20. The molecule has 0 unspecified atom stereocenters. The van der Waals surface area contributed by atoms with Crippen LogP contribution in [0.4, 0.5) is 5.82 Å². The highest BCUT2D eigenvalue weighted by Gasteiger charge is 2.20. The zero-order valence-corrected chi connectivity index (χ0v) is 14.1. The van der Waals surface area contributed by atoms with E-state index >= 15 is 0 Å². The molecule has 1 fully saturated rings. The van der Waals surface area contributed by atoms with Gasteiger partial charge in [0.1, 0.15) is 5.82 Å². The van der Waals surface area contributed by atoms with Gasteiger partial charge in [-0.2, -0.15) is 0 Å². The van der Waals surface area contributed by atoms with Crippen molar-refractivity contribution in [2.24, 2.45) is 5.73 Å². The Morgan fingerprint density at radius 1 is 1.48 bits per heavy atom. The minimum absolute atomic E-state index is 0. The fourth-order valence-electron chi connectivity index (χ4n) is 2.10. The number of anilines is 1. The summed E-state index contributed by atoms with van der Waals surface area (Å²) in [6.07, 6.45) is 3.36. The predicted octanol–water partition coefficient (Wildman–Crippen LogP) is 2.68. The fourth-order valence-corrected chi connectivity index (χ4v) is 2.39. The topological polar surface area (TPSA) is 68.5 Å². The number of aromatic nitrogens is 1. The second-order valence-corrected chi connectivity index (χ2v) is 4.98. The van der Waals surface area contributed by atoms with Gasteiger partial charge in [-0.05, 0) is 25.8 Å². The van der Waals surface area contributed by atoms with Gasteiger partial charge in [-0.15, -0.1) is 24.8 Å². The lowest BCUT2D eigenvalue weighted by Crippen LogP contribution is -2.40. The molecule has 1 saturated heterocycles. The van der Waals surface area contributed by atoms with Crippen molar-refractivity contribution in [3.8, 4) is 0 Å². The summed E-state index contributed by atoms with van der Waals surface area (Å²) in [6.45, 7) is 3.78. The molecule has 0 radical (unpaired) electrons. The number of nitrogens with zero attached hydrogens (tertiary/aromatic N) is 2. The Bertz CT molecular complexity index is 466. The van der Waals surface area contributed by atoms with Crippen molar-refractivity contribution in [2.75, 3.05) is 24.6 Å². The number of rotatable bonds is 3. The van der Waals surface area contributed by atoms with Crippen LogP contribution in [0.15, 0.2) is 12.3 Å². The number of halogens is 3. The van der Waals surface area contributed by atoms with E-state index in [-0.39, 0.29) is 30.9 Å². The zero-order valence-electron chi connectivity index (χ0n) is 11.8. The molecule has 1 aliphatic heterocycles. The Kier molecular flexibility index (Phi) is 8.97. The summed E-state index contributed by atoms with van der Waals surface area (Å²) in [5.74, 6) is 0.311. The van der Waals surface area contributed by atoms with Crippen LogP contribution >= 0.6 is 36.4 Å². The van der Waals surface area contributed by atoms with Gasteiger partial charge >= 0.3 is 5.97 Å². The summed E-state index contributed by atoms with van der Waals surface area (Å²) in [5.41, 5.74) is 6.25. The van der Waals surface area contributed by atoms with Crippen LogP contribution in [0.1, 0.15) is 30.1 Å². The van der Waals surface area contributed by atoms with E-state index in [4.69, 9.17) is 22.1 Å². The van der Waals surface area contributed by atoms with Gasteiger partial charge in [-0.1, -0.05) is 11.6 Å². The number of hydrogen-bond acceptors (Lipinski definition) is 5. The SMILES string of the molecule is CCOC(=O)c1cnc(N2CCC(N)CC2)c(Cl)c1.Cl.Cl. The van der Waals surface area contributed by atoms with Crippen molar-refractivity contribution < 1.29 is 9.53 Å². The van der Waals surface area contributed by atoms with Gasteiger partial charge in [0.25, 0.3) is 0 Å². The number of carbonyl (C=O) groups excluding carboxylic acids is 1. The zero-order chi connectivity index (χ0) is 13.8. The minimum atomic E-state index is -0.399. The molecule has 5 nitrogen and oxygen atoms in total. The van der Waals surface area contributed by atoms with Crippen molar-refractivity contribution in [3.05, 3.63) is 22.8 Å². The van der Waals surface area contributed by atoms with Crippen molar-refractivity contribution in [1.29, 1.82) is 0 Å². The van der Waals surface area contributed by atoms with Crippen LogP contribution in [0.2, 0.25) is 5.02 Å². The third-order valence-corrected chi connectivity index (χ3v) is 3.45. The number of nitrogens with two attached hydrogens (primary N) is 1. The predicted molar refractivity (Wildman–Crippen MR) is 89.1 cm³/mol. The van der Waals surface area contributed by atoms with Crippen molar-refractivity contribution >= 4 is 48.2 Å². The van der Waals surface area contributed by atoms with Gasteiger partial charge in [-0.25, -0.2) is 9.78 Å². The summed E-state index contributed by atoms with van der Waals surface area (Å²) < 4.78 is 4.91. The molecule has 0 atom stereocenters. The first-order valence-corrected chi connectivity index (χ1v) is 6.82. The molecule has 21 heavy (non-hydrogen) atoms. The molecule has 0 bridgehead atoms. The molecule has 120 valence electrons. The van der Waals surface area contributed by atoms with Crippen LogP contribution in [0.3, 0.4) is 0 Å². The first kappa shape index (κ1) is 20.2. The van der Waals surface area contributed by atoms with E-state index in [1.165, 1.54) is 6.20 Å². The van der Waals surface area contributed by atoms with Crippen LogP contribution in [-0.2, 0) is 4.74 Å². The number of piperidine rings is 1. The molecule has 0 saturated carbocycles. The lowest BCUT2D eigenvalue weighted by molar-refractivity contribution is 0.0526. The van der Waals surface area contributed by atoms with Crippen molar-refractivity contribution in [3.63, 3.8) is 0 Å². The summed E-state index contributed by atoms with van der Waals surface area (Å²) in [4.78, 5) is 18.0. The smallest absolute Gasteiger partial charge is 0.339 e. The quantitative estimate of drug-likeness (QED) is 0.843. The van der Waals surface area contributed by atoms with Crippen molar-refractivity contribution in [2.45, 2.75) is 25.8 Å². The first-order valence-electron chi connectivity index (χ1n) is 6.45. The maximum Gasteiger partial charge on any atom is 0.339 e. The highest BCUT2D eigenvalue weighted by Crippen LogP contribution is 2.26. The second-order valence-electron chi connectivity index (χ2n) is 4.57. The van der Waals surface area contributed by atoms with E-state index in [9.17, 15) is 4.79 Å². The summed E-state index contributed by atoms with van der Waals surface area (Å²) in [7, 11) is 0. The van der Waals surface area contributed by atoms with E-state index in [0.29, 0.717) is 23.0 Å². The first-order chi connectivity index (χ1) is 9.11. The number of ether oxygens (including phenoxy) is 1. The molecule has 2 heterocycles. The van der Waals surface area contributed by atoms with Crippen LogP contribution in [0.5, 0.6) is 0 Å². The Hall–Kier alpha value is -0.750.